The molecule has 1 aliphatic heterocycles. The monoisotopic (exact) mass is 443 g/mol. The summed E-state index contributed by atoms with van der Waals surface area (Å²) in [4.78, 5) is 41.8. The van der Waals surface area contributed by atoms with E-state index in [9.17, 15) is 14.4 Å². The Hall–Kier alpha value is -2.55. The van der Waals surface area contributed by atoms with Crippen molar-refractivity contribution in [1.29, 1.82) is 0 Å². The fraction of sp³-hybridized carbons (Fsp3) is 0.542. The molecule has 2 aliphatic rings. The van der Waals surface area contributed by atoms with Gasteiger partial charge in [-0.15, -0.1) is 0 Å². The molecular weight excluding hydrogens is 410 g/mol. The Balaban J connectivity index is 1.63. The van der Waals surface area contributed by atoms with Gasteiger partial charge in [0.2, 0.25) is 0 Å². The third-order valence-electron chi connectivity index (χ3n) is 6.06. The van der Waals surface area contributed by atoms with E-state index in [0.717, 1.165) is 38.3 Å². The molecule has 2 fully saturated rings. The Morgan fingerprint density at radius 3 is 2.19 bits per heavy atom. The van der Waals surface area contributed by atoms with Crippen LogP contribution in [0.4, 0.5) is 0 Å². The Morgan fingerprint density at radius 1 is 1.03 bits per heavy atom. The number of allylic oxidation sites excluding steroid dienone is 1. The van der Waals surface area contributed by atoms with E-state index < -0.39 is 5.97 Å². The van der Waals surface area contributed by atoms with Gasteiger partial charge < -0.3 is 15.2 Å². The molecule has 1 saturated carbocycles. The third kappa shape index (κ3) is 6.72. The molecule has 8 heteroatoms. The van der Waals surface area contributed by atoms with Crippen LogP contribution in [0.2, 0.25) is 0 Å². The number of nitrogens with zero attached hydrogens (tertiary/aromatic N) is 2. The van der Waals surface area contributed by atoms with Gasteiger partial charge in [-0.25, -0.2) is 0 Å². The van der Waals surface area contributed by atoms with Crippen molar-refractivity contribution in [3.63, 3.8) is 0 Å². The molecule has 174 valence electrons. The maximum absolute atomic E-state index is 12.9. The van der Waals surface area contributed by atoms with Crippen molar-refractivity contribution in [2.75, 3.05) is 59.0 Å². The lowest BCUT2D eigenvalue weighted by molar-refractivity contribution is -0.140. The van der Waals surface area contributed by atoms with E-state index in [4.69, 9.17) is 9.84 Å². The minimum atomic E-state index is -0.456. The van der Waals surface area contributed by atoms with Crippen LogP contribution < -0.4 is 5.32 Å². The first-order valence-corrected chi connectivity index (χ1v) is 11.2. The van der Waals surface area contributed by atoms with Gasteiger partial charge in [0.25, 0.3) is 0 Å². The summed E-state index contributed by atoms with van der Waals surface area (Å²) in [6.45, 7) is 6.96. The summed E-state index contributed by atoms with van der Waals surface area (Å²) >= 11 is 0. The van der Waals surface area contributed by atoms with Crippen molar-refractivity contribution in [3.8, 4) is 0 Å². The number of aliphatic hydroxyl groups is 1. The third-order valence-corrected chi connectivity index (χ3v) is 6.06. The molecule has 1 aromatic rings. The Labute approximate surface area is 189 Å². The van der Waals surface area contributed by atoms with Gasteiger partial charge in [0, 0.05) is 65.6 Å². The molecule has 0 amide bonds. The fourth-order valence-corrected chi connectivity index (χ4v) is 4.31. The predicted octanol–water partition coefficient (Wildman–Crippen LogP) is 0.719. The smallest absolute Gasteiger partial charge is 0.303 e. The van der Waals surface area contributed by atoms with Crippen LogP contribution in [0.3, 0.4) is 0 Å². The van der Waals surface area contributed by atoms with E-state index in [1.165, 1.54) is 6.92 Å². The number of benzene rings is 1. The summed E-state index contributed by atoms with van der Waals surface area (Å²) in [7, 11) is 0. The molecule has 1 heterocycles. The topological polar surface area (TPSA) is 99.2 Å². The number of hydrogen-bond acceptors (Lipinski definition) is 8. The Bertz CT molecular complexity index is 811. The normalized spacial score (nSPS) is 20.3. The highest BCUT2D eigenvalue weighted by molar-refractivity contribution is 6.22. The van der Waals surface area contributed by atoms with E-state index in [2.05, 4.69) is 15.1 Å². The van der Waals surface area contributed by atoms with Crippen LogP contribution in [0.25, 0.3) is 0 Å². The highest BCUT2D eigenvalue weighted by Crippen LogP contribution is 2.32. The lowest BCUT2D eigenvalue weighted by Crippen LogP contribution is -2.48. The van der Waals surface area contributed by atoms with Gasteiger partial charge >= 0.3 is 5.97 Å². The average Bonchev–Trinajstić information content (AvgIpc) is 2.78. The number of carbonyl (C=O) groups is 3. The molecule has 0 radical (unpaired) electrons. The maximum Gasteiger partial charge on any atom is 0.303 e. The number of piperazine rings is 1. The van der Waals surface area contributed by atoms with Crippen molar-refractivity contribution in [3.05, 3.63) is 47.2 Å². The van der Waals surface area contributed by atoms with Crippen LogP contribution in [-0.2, 0) is 19.1 Å². The van der Waals surface area contributed by atoms with Crippen LogP contribution in [0.5, 0.6) is 0 Å². The van der Waals surface area contributed by atoms with Gasteiger partial charge in [-0.05, 0) is 11.5 Å². The number of aliphatic hydroxyl groups excluding tert-OH is 1. The van der Waals surface area contributed by atoms with Gasteiger partial charge in [0.15, 0.2) is 11.6 Å². The van der Waals surface area contributed by atoms with Crippen molar-refractivity contribution in [1.82, 2.24) is 15.1 Å². The molecule has 8 nitrogen and oxygen atoms in total. The number of β-amino-alcohol motifs (C(OH)–C–C–N with tert-alkyl or cyclic N) is 1. The van der Waals surface area contributed by atoms with Crippen molar-refractivity contribution >= 4 is 17.5 Å². The largest absolute Gasteiger partial charge is 0.459 e. The van der Waals surface area contributed by atoms with E-state index in [1.807, 2.05) is 30.3 Å². The van der Waals surface area contributed by atoms with Crippen molar-refractivity contribution in [2.45, 2.75) is 25.7 Å². The molecule has 1 aliphatic carbocycles. The highest BCUT2D eigenvalue weighted by atomic mass is 16.5. The summed E-state index contributed by atoms with van der Waals surface area (Å²) in [6.07, 6.45) is 0.534. The molecule has 2 N–H and O–H groups in total. The predicted molar refractivity (Wildman–Crippen MR) is 120 cm³/mol. The highest BCUT2D eigenvalue weighted by Gasteiger charge is 2.33. The average molecular weight is 444 g/mol. The Morgan fingerprint density at radius 2 is 1.62 bits per heavy atom. The molecule has 0 bridgehead atoms. The van der Waals surface area contributed by atoms with Crippen molar-refractivity contribution in [2.24, 2.45) is 0 Å². The minimum Gasteiger partial charge on any atom is -0.459 e. The van der Waals surface area contributed by atoms with Crippen LogP contribution in [0.1, 0.15) is 31.2 Å². The number of ether oxygens (including phenoxy) is 1. The number of Topliss-reactive ketones (excluding diaryl/α,β-unsaturated/α-hetero) is 2. The van der Waals surface area contributed by atoms with Gasteiger partial charge in [-0.3, -0.25) is 24.2 Å². The molecule has 3 rings (SSSR count). The second kappa shape index (κ2) is 11.9. The summed E-state index contributed by atoms with van der Waals surface area (Å²) in [6, 6.07) is 9.62. The quantitative estimate of drug-likeness (QED) is 0.327. The molecular formula is C24H33N3O5. The number of carbonyl (C=O) groups excluding carboxylic acids is 3. The van der Waals surface area contributed by atoms with E-state index >= 15 is 0 Å². The number of ketones is 2. The SMILES string of the molecule is CC(=O)OCC(NCCN1CCN(CCO)CC1)=C1C(=O)CC(c2ccccc2)CC1=O. The van der Waals surface area contributed by atoms with Gasteiger partial charge in [0.05, 0.1) is 17.9 Å². The van der Waals surface area contributed by atoms with Crippen LogP contribution in [-0.4, -0.2) is 91.5 Å². The van der Waals surface area contributed by atoms with Gasteiger partial charge in [-0.1, -0.05) is 30.3 Å². The zero-order chi connectivity index (χ0) is 22.9. The summed E-state index contributed by atoms with van der Waals surface area (Å²) < 4.78 is 5.14. The summed E-state index contributed by atoms with van der Waals surface area (Å²) in [5.41, 5.74) is 1.54. The molecule has 0 spiro atoms. The van der Waals surface area contributed by atoms with Crippen molar-refractivity contribution < 1.29 is 24.2 Å². The molecule has 0 aromatic heterocycles. The minimum absolute atomic E-state index is 0.109. The first-order valence-electron chi connectivity index (χ1n) is 11.2. The first kappa shape index (κ1) is 24.1. The van der Waals surface area contributed by atoms with E-state index in [0.29, 0.717) is 18.8 Å². The second-order valence-corrected chi connectivity index (χ2v) is 8.33. The van der Waals surface area contributed by atoms with Gasteiger partial charge in [-0.2, -0.15) is 0 Å². The number of esters is 1. The lowest BCUT2D eigenvalue weighted by atomic mass is 9.79. The number of rotatable bonds is 9. The zero-order valence-electron chi connectivity index (χ0n) is 18.7. The van der Waals surface area contributed by atoms with E-state index in [-0.39, 0.29) is 49.1 Å². The van der Waals surface area contributed by atoms with E-state index in [1.54, 1.807) is 0 Å². The summed E-state index contributed by atoms with van der Waals surface area (Å²) in [5, 5.41) is 12.3. The first-order chi connectivity index (χ1) is 15.5. The molecule has 1 aromatic carbocycles. The van der Waals surface area contributed by atoms with Crippen LogP contribution >= 0.6 is 0 Å². The maximum atomic E-state index is 12.9. The fourth-order valence-electron chi connectivity index (χ4n) is 4.31. The van der Waals surface area contributed by atoms with Crippen LogP contribution in [0.15, 0.2) is 41.6 Å². The Kier molecular flexibility index (Phi) is 8.96. The number of nitrogens with one attached hydrogen (secondary N) is 1. The zero-order valence-corrected chi connectivity index (χ0v) is 18.7. The number of hydrogen-bond donors (Lipinski definition) is 2. The lowest BCUT2D eigenvalue weighted by Gasteiger charge is -2.34. The molecule has 1 saturated heterocycles. The summed E-state index contributed by atoms with van der Waals surface area (Å²) in [5.74, 6) is -0.988. The van der Waals surface area contributed by atoms with Crippen LogP contribution in [0, 0.1) is 0 Å². The standard InChI is InChI=1S/C24H33N3O5/c1-18(29)32-17-21(25-7-8-26-9-11-27(12-10-26)13-14-28)24-22(30)15-20(16-23(24)31)19-5-3-2-4-6-19/h2-6,20,25,28H,7-17H2,1H3. The van der Waals surface area contributed by atoms with Gasteiger partial charge in [0.1, 0.15) is 6.61 Å². The second-order valence-electron chi connectivity index (χ2n) is 8.33. The molecule has 0 unspecified atom stereocenters. The molecule has 32 heavy (non-hydrogen) atoms. The molecule has 0 atom stereocenters.